The van der Waals surface area contributed by atoms with Crippen molar-refractivity contribution in [3.63, 3.8) is 0 Å². The van der Waals surface area contributed by atoms with Gasteiger partial charge in [0.1, 0.15) is 0 Å². The zero-order chi connectivity index (χ0) is 18.2. The van der Waals surface area contributed by atoms with Gasteiger partial charge in [0.15, 0.2) is 0 Å². The van der Waals surface area contributed by atoms with Crippen molar-refractivity contribution < 1.29 is 9.59 Å². The van der Waals surface area contributed by atoms with E-state index >= 15 is 0 Å². The van der Waals surface area contributed by atoms with Crippen molar-refractivity contribution in [2.24, 2.45) is 0 Å². The molecule has 1 aromatic heterocycles. The Hall–Kier alpha value is -2.73. The lowest BCUT2D eigenvalue weighted by Crippen LogP contribution is -2.31. The molecule has 6 nitrogen and oxygen atoms in total. The second-order valence-corrected chi connectivity index (χ2v) is 6.13. The summed E-state index contributed by atoms with van der Waals surface area (Å²) in [6, 6.07) is 9.44. The summed E-state index contributed by atoms with van der Waals surface area (Å²) in [5, 5.41) is 5.67. The first-order valence-corrected chi connectivity index (χ1v) is 8.18. The van der Waals surface area contributed by atoms with E-state index in [4.69, 9.17) is 0 Å². The summed E-state index contributed by atoms with van der Waals surface area (Å²) in [5.41, 5.74) is 2.92. The van der Waals surface area contributed by atoms with Gasteiger partial charge in [-0.05, 0) is 38.2 Å². The summed E-state index contributed by atoms with van der Waals surface area (Å²) in [5.74, 6) is -0.485. The maximum Gasteiger partial charge on any atom is 0.253 e. The monoisotopic (exact) mass is 340 g/mol. The number of nitrogens with one attached hydrogen (secondary N) is 2. The molecule has 0 radical (unpaired) electrons. The molecule has 2 N–H and O–H groups in total. The van der Waals surface area contributed by atoms with Crippen LogP contribution in [0.1, 0.15) is 31.8 Å². The second kappa shape index (κ2) is 8.94. The highest BCUT2D eigenvalue weighted by Gasteiger charge is 2.11. The van der Waals surface area contributed by atoms with Gasteiger partial charge in [-0.15, -0.1) is 0 Å². The fourth-order valence-electron chi connectivity index (χ4n) is 2.27. The van der Waals surface area contributed by atoms with Crippen LogP contribution in [0, 0.1) is 6.92 Å². The van der Waals surface area contributed by atoms with Crippen LogP contribution in [-0.4, -0.2) is 48.9 Å². The lowest BCUT2D eigenvalue weighted by atomic mass is 10.1. The summed E-state index contributed by atoms with van der Waals surface area (Å²) in [6.45, 7) is 3.72. The van der Waals surface area contributed by atoms with Gasteiger partial charge in [-0.25, -0.2) is 0 Å². The first kappa shape index (κ1) is 18.6. The van der Waals surface area contributed by atoms with Crippen molar-refractivity contribution in [1.82, 2.24) is 20.5 Å². The van der Waals surface area contributed by atoms with Gasteiger partial charge in [-0.2, -0.15) is 0 Å². The minimum atomic E-state index is -0.251. The highest BCUT2D eigenvalue weighted by molar-refractivity contribution is 5.99. The van der Waals surface area contributed by atoms with Gasteiger partial charge in [0.25, 0.3) is 11.8 Å². The van der Waals surface area contributed by atoms with Crippen LogP contribution in [0.2, 0.25) is 0 Å². The normalized spacial score (nSPS) is 10.6. The summed E-state index contributed by atoms with van der Waals surface area (Å²) in [6.07, 6.45) is 2.92. The Balaban J connectivity index is 1.96. The zero-order valence-corrected chi connectivity index (χ0v) is 14.9. The van der Waals surface area contributed by atoms with Crippen LogP contribution < -0.4 is 10.6 Å². The van der Waals surface area contributed by atoms with Crippen LogP contribution in [-0.2, 0) is 6.54 Å². The lowest BCUT2D eigenvalue weighted by molar-refractivity contribution is 0.0950. The predicted octanol–water partition coefficient (Wildman–Crippen LogP) is 1.61. The topological polar surface area (TPSA) is 74.3 Å². The molecule has 0 aliphatic rings. The molecule has 0 bridgehead atoms. The summed E-state index contributed by atoms with van der Waals surface area (Å²) < 4.78 is 0. The van der Waals surface area contributed by atoms with Crippen molar-refractivity contribution in [3.8, 4) is 0 Å². The number of hydrogen-bond acceptors (Lipinski definition) is 4. The minimum Gasteiger partial charge on any atom is -0.351 e. The number of amides is 2. The van der Waals surface area contributed by atoms with E-state index in [2.05, 4.69) is 15.6 Å². The molecule has 6 heteroatoms. The number of rotatable bonds is 7. The van der Waals surface area contributed by atoms with Gasteiger partial charge in [0.05, 0.1) is 11.1 Å². The van der Waals surface area contributed by atoms with E-state index in [1.807, 2.05) is 50.2 Å². The summed E-state index contributed by atoms with van der Waals surface area (Å²) in [7, 11) is 3.88. The van der Waals surface area contributed by atoms with Gasteiger partial charge >= 0.3 is 0 Å². The summed E-state index contributed by atoms with van der Waals surface area (Å²) >= 11 is 0. The van der Waals surface area contributed by atoms with Crippen molar-refractivity contribution in [2.75, 3.05) is 27.2 Å². The molecule has 2 aromatic rings. The Labute approximate surface area is 148 Å². The van der Waals surface area contributed by atoms with E-state index in [-0.39, 0.29) is 11.8 Å². The Kier molecular flexibility index (Phi) is 6.65. The molecular weight excluding hydrogens is 316 g/mol. The van der Waals surface area contributed by atoms with Crippen LogP contribution in [0.4, 0.5) is 0 Å². The first-order chi connectivity index (χ1) is 12.0. The maximum absolute atomic E-state index is 12.3. The molecule has 0 saturated carbocycles. The molecule has 2 rings (SSSR count). The molecule has 132 valence electrons. The number of carbonyl (C=O) groups excluding carboxylic acids is 2. The molecule has 0 fully saturated rings. The Bertz CT molecular complexity index is 744. The number of nitrogens with zero attached hydrogens (tertiary/aromatic N) is 2. The Morgan fingerprint density at radius 2 is 1.68 bits per heavy atom. The van der Waals surface area contributed by atoms with Gasteiger partial charge in [-0.3, -0.25) is 14.6 Å². The third kappa shape index (κ3) is 5.69. The average Bonchev–Trinajstić information content (AvgIpc) is 2.60. The van der Waals surface area contributed by atoms with E-state index in [1.165, 1.54) is 12.4 Å². The average molecular weight is 340 g/mol. The van der Waals surface area contributed by atoms with Gasteiger partial charge in [0, 0.05) is 32.0 Å². The van der Waals surface area contributed by atoms with Gasteiger partial charge in [-0.1, -0.05) is 24.3 Å². The van der Waals surface area contributed by atoms with E-state index in [0.717, 1.165) is 17.7 Å². The number of carbonyl (C=O) groups is 2. The Morgan fingerprint density at radius 1 is 1.04 bits per heavy atom. The third-order valence-corrected chi connectivity index (χ3v) is 3.81. The summed E-state index contributed by atoms with van der Waals surface area (Å²) in [4.78, 5) is 30.4. The van der Waals surface area contributed by atoms with E-state index in [0.29, 0.717) is 24.2 Å². The number of aryl methyl sites for hydroxylation is 1. The number of benzene rings is 1. The fraction of sp³-hybridized carbons (Fsp3) is 0.316. The number of pyridine rings is 1. The first-order valence-electron chi connectivity index (χ1n) is 8.18. The SMILES string of the molecule is Cc1ccccc1CNC(=O)c1cncc(C(=O)NCCN(C)C)c1. The van der Waals surface area contributed by atoms with Crippen LogP contribution in [0.5, 0.6) is 0 Å². The minimum absolute atomic E-state index is 0.233. The van der Waals surface area contributed by atoms with Crippen molar-refractivity contribution >= 4 is 11.8 Å². The third-order valence-electron chi connectivity index (χ3n) is 3.81. The van der Waals surface area contributed by atoms with Crippen LogP contribution >= 0.6 is 0 Å². The van der Waals surface area contributed by atoms with Crippen molar-refractivity contribution in [2.45, 2.75) is 13.5 Å². The molecule has 2 amide bonds. The Morgan fingerprint density at radius 3 is 2.32 bits per heavy atom. The smallest absolute Gasteiger partial charge is 0.253 e. The molecular formula is C19H24N4O2. The zero-order valence-electron chi connectivity index (χ0n) is 14.9. The molecule has 0 aliphatic heterocycles. The van der Waals surface area contributed by atoms with E-state index < -0.39 is 0 Å². The highest BCUT2D eigenvalue weighted by atomic mass is 16.2. The second-order valence-electron chi connectivity index (χ2n) is 6.13. The number of aromatic nitrogens is 1. The molecule has 0 spiro atoms. The number of likely N-dealkylation sites (N-methyl/N-ethyl adjacent to an activating group) is 1. The van der Waals surface area contributed by atoms with Gasteiger partial charge in [0.2, 0.25) is 0 Å². The standard InChI is InChI=1S/C19H24N4O2/c1-14-6-4-5-7-15(14)13-22-19(25)17-10-16(11-20-12-17)18(24)21-8-9-23(2)3/h4-7,10-12H,8-9,13H2,1-3H3,(H,21,24)(H,22,25). The molecule has 0 unspecified atom stereocenters. The molecule has 1 heterocycles. The molecule has 25 heavy (non-hydrogen) atoms. The predicted molar refractivity (Wildman–Crippen MR) is 97.5 cm³/mol. The largest absolute Gasteiger partial charge is 0.351 e. The fourth-order valence-corrected chi connectivity index (χ4v) is 2.27. The molecule has 0 aliphatic carbocycles. The van der Waals surface area contributed by atoms with E-state index in [1.54, 1.807) is 6.07 Å². The van der Waals surface area contributed by atoms with Crippen LogP contribution in [0.15, 0.2) is 42.7 Å². The molecule has 0 atom stereocenters. The molecule has 0 saturated heterocycles. The molecule has 1 aromatic carbocycles. The quantitative estimate of drug-likeness (QED) is 0.803. The van der Waals surface area contributed by atoms with Crippen LogP contribution in [0.25, 0.3) is 0 Å². The van der Waals surface area contributed by atoms with Crippen LogP contribution in [0.3, 0.4) is 0 Å². The van der Waals surface area contributed by atoms with Gasteiger partial charge < -0.3 is 15.5 Å². The number of hydrogen-bond donors (Lipinski definition) is 2. The lowest BCUT2D eigenvalue weighted by Gasteiger charge is -2.11. The maximum atomic E-state index is 12.3. The van der Waals surface area contributed by atoms with Crippen molar-refractivity contribution in [1.29, 1.82) is 0 Å². The van der Waals surface area contributed by atoms with E-state index in [9.17, 15) is 9.59 Å². The van der Waals surface area contributed by atoms with Crippen molar-refractivity contribution in [3.05, 3.63) is 65.0 Å². The highest BCUT2D eigenvalue weighted by Crippen LogP contribution is 2.08.